The van der Waals surface area contributed by atoms with E-state index >= 15 is 0 Å². The Morgan fingerprint density at radius 2 is 1.72 bits per heavy atom. The van der Waals surface area contributed by atoms with Crippen molar-refractivity contribution in [1.29, 1.82) is 0 Å². The second kappa shape index (κ2) is 9.23. The van der Waals surface area contributed by atoms with E-state index in [0.717, 1.165) is 48.2 Å². The van der Waals surface area contributed by atoms with Gasteiger partial charge >= 0.3 is 0 Å². The standard InChI is InChI=1S/C26H32N2O4/c1-17(2)16-27-24(29)19-6-8-21(18(3)14-19)28-25(30)26(10-4-5-11-26)20-7-9-22-23(15-20)32-13-12-31-22/h6-9,14-15,17H,4-5,10-13,16H2,1-3H3,(H,27,29)(H,28,30). The molecule has 1 aliphatic heterocycles. The van der Waals surface area contributed by atoms with Gasteiger partial charge in [-0.2, -0.15) is 0 Å². The van der Waals surface area contributed by atoms with Crippen molar-refractivity contribution in [3.05, 3.63) is 53.1 Å². The topological polar surface area (TPSA) is 76.7 Å². The van der Waals surface area contributed by atoms with Crippen LogP contribution in [0.25, 0.3) is 0 Å². The summed E-state index contributed by atoms with van der Waals surface area (Å²) in [6, 6.07) is 11.3. The minimum absolute atomic E-state index is 0.00760. The van der Waals surface area contributed by atoms with Crippen LogP contribution in [0.15, 0.2) is 36.4 Å². The van der Waals surface area contributed by atoms with Crippen molar-refractivity contribution in [2.75, 3.05) is 25.1 Å². The number of aryl methyl sites for hydroxylation is 1. The lowest BCUT2D eigenvalue weighted by atomic mass is 9.77. The van der Waals surface area contributed by atoms with Gasteiger partial charge in [0.2, 0.25) is 5.91 Å². The zero-order chi connectivity index (χ0) is 22.7. The fourth-order valence-corrected chi connectivity index (χ4v) is 4.55. The molecule has 6 nitrogen and oxygen atoms in total. The number of anilines is 1. The Morgan fingerprint density at radius 3 is 2.41 bits per heavy atom. The van der Waals surface area contributed by atoms with Crippen LogP contribution in [0.4, 0.5) is 5.69 Å². The molecule has 0 aromatic heterocycles. The van der Waals surface area contributed by atoms with Gasteiger partial charge in [-0.3, -0.25) is 9.59 Å². The molecule has 170 valence electrons. The molecule has 32 heavy (non-hydrogen) atoms. The number of rotatable bonds is 6. The van der Waals surface area contributed by atoms with Gasteiger partial charge < -0.3 is 20.1 Å². The molecule has 0 atom stereocenters. The molecule has 2 N–H and O–H groups in total. The van der Waals surface area contributed by atoms with E-state index in [2.05, 4.69) is 24.5 Å². The van der Waals surface area contributed by atoms with Crippen LogP contribution in [0.1, 0.15) is 61.0 Å². The van der Waals surface area contributed by atoms with Gasteiger partial charge in [-0.05, 0) is 67.1 Å². The van der Waals surface area contributed by atoms with Crippen LogP contribution in [-0.2, 0) is 10.2 Å². The average Bonchev–Trinajstić information content (AvgIpc) is 3.29. The van der Waals surface area contributed by atoms with E-state index in [1.165, 1.54) is 0 Å². The molecule has 1 saturated carbocycles. The summed E-state index contributed by atoms with van der Waals surface area (Å²) in [5, 5.41) is 6.08. The highest BCUT2D eigenvalue weighted by Crippen LogP contribution is 2.45. The lowest BCUT2D eigenvalue weighted by Crippen LogP contribution is -2.38. The SMILES string of the molecule is Cc1cc(C(=O)NCC(C)C)ccc1NC(=O)C1(c2ccc3c(c2)OCCO3)CCCC1. The Balaban J connectivity index is 1.54. The maximum absolute atomic E-state index is 13.6. The first-order valence-corrected chi connectivity index (χ1v) is 11.5. The predicted molar refractivity (Wildman–Crippen MR) is 125 cm³/mol. The molecule has 0 bridgehead atoms. The Morgan fingerprint density at radius 1 is 1.00 bits per heavy atom. The van der Waals surface area contributed by atoms with E-state index < -0.39 is 5.41 Å². The second-order valence-corrected chi connectivity index (χ2v) is 9.24. The number of hydrogen-bond acceptors (Lipinski definition) is 4. The summed E-state index contributed by atoms with van der Waals surface area (Å²) in [5.41, 5.74) is 2.59. The lowest BCUT2D eigenvalue weighted by Gasteiger charge is -2.30. The minimum atomic E-state index is -0.588. The second-order valence-electron chi connectivity index (χ2n) is 9.24. The van der Waals surface area contributed by atoms with Crippen LogP contribution in [0, 0.1) is 12.8 Å². The molecule has 2 aromatic carbocycles. The molecular weight excluding hydrogens is 404 g/mol. The maximum Gasteiger partial charge on any atom is 0.251 e. The van der Waals surface area contributed by atoms with Crippen LogP contribution in [0.2, 0.25) is 0 Å². The van der Waals surface area contributed by atoms with E-state index in [9.17, 15) is 9.59 Å². The molecule has 2 amide bonds. The van der Waals surface area contributed by atoms with Crippen LogP contribution < -0.4 is 20.1 Å². The third-order valence-corrected chi connectivity index (χ3v) is 6.39. The number of fused-ring (bicyclic) bond motifs is 1. The number of carbonyl (C=O) groups excluding carboxylic acids is 2. The quantitative estimate of drug-likeness (QED) is 0.694. The molecule has 6 heteroatoms. The number of benzene rings is 2. The molecule has 1 heterocycles. The van der Waals surface area contributed by atoms with Crippen molar-refractivity contribution < 1.29 is 19.1 Å². The normalized spacial score (nSPS) is 16.6. The van der Waals surface area contributed by atoms with Gasteiger partial charge in [-0.25, -0.2) is 0 Å². The molecule has 0 unspecified atom stereocenters. The van der Waals surface area contributed by atoms with Crippen molar-refractivity contribution in [3.63, 3.8) is 0 Å². The van der Waals surface area contributed by atoms with Gasteiger partial charge in [0.25, 0.3) is 5.91 Å². The van der Waals surface area contributed by atoms with Gasteiger partial charge in [0.15, 0.2) is 11.5 Å². The highest BCUT2D eigenvalue weighted by atomic mass is 16.6. The van der Waals surface area contributed by atoms with E-state index in [1.54, 1.807) is 6.07 Å². The van der Waals surface area contributed by atoms with Crippen molar-refractivity contribution in [3.8, 4) is 11.5 Å². The van der Waals surface area contributed by atoms with Gasteiger partial charge in [0.1, 0.15) is 13.2 Å². The molecule has 2 aliphatic rings. The molecule has 2 aromatic rings. The van der Waals surface area contributed by atoms with Crippen LogP contribution in [0.5, 0.6) is 11.5 Å². The Labute approximate surface area is 189 Å². The molecule has 0 saturated heterocycles. The fourth-order valence-electron chi connectivity index (χ4n) is 4.55. The van der Waals surface area contributed by atoms with Crippen LogP contribution in [-0.4, -0.2) is 31.6 Å². The van der Waals surface area contributed by atoms with Crippen LogP contribution in [0.3, 0.4) is 0 Å². The summed E-state index contributed by atoms with van der Waals surface area (Å²) in [7, 11) is 0. The molecular formula is C26H32N2O4. The third kappa shape index (κ3) is 4.45. The van der Waals surface area contributed by atoms with E-state index in [-0.39, 0.29) is 11.8 Å². The maximum atomic E-state index is 13.6. The largest absolute Gasteiger partial charge is 0.486 e. The van der Waals surface area contributed by atoms with Crippen molar-refractivity contribution in [2.24, 2.45) is 5.92 Å². The molecule has 0 radical (unpaired) electrons. The number of carbonyl (C=O) groups is 2. The first kappa shape index (κ1) is 22.2. The molecule has 1 fully saturated rings. The van der Waals surface area contributed by atoms with Crippen molar-refractivity contribution in [2.45, 2.75) is 51.9 Å². The summed E-state index contributed by atoms with van der Waals surface area (Å²) < 4.78 is 11.4. The first-order chi connectivity index (χ1) is 15.4. The Kier molecular flexibility index (Phi) is 6.40. The van der Waals surface area contributed by atoms with Gasteiger partial charge in [-0.1, -0.05) is 32.8 Å². The van der Waals surface area contributed by atoms with Gasteiger partial charge in [0, 0.05) is 17.8 Å². The Hall–Kier alpha value is -3.02. The average molecular weight is 437 g/mol. The highest BCUT2D eigenvalue weighted by Gasteiger charge is 2.43. The number of amides is 2. The van der Waals surface area contributed by atoms with Crippen LogP contribution >= 0.6 is 0 Å². The minimum Gasteiger partial charge on any atom is -0.486 e. The van der Waals surface area contributed by atoms with E-state index in [1.807, 2.05) is 37.3 Å². The van der Waals surface area contributed by atoms with E-state index in [4.69, 9.17) is 9.47 Å². The zero-order valence-electron chi connectivity index (χ0n) is 19.1. The van der Waals surface area contributed by atoms with Gasteiger partial charge in [0.05, 0.1) is 5.41 Å². The smallest absolute Gasteiger partial charge is 0.251 e. The predicted octanol–water partition coefficient (Wildman–Crippen LogP) is 4.60. The highest BCUT2D eigenvalue weighted by molar-refractivity contribution is 6.01. The van der Waals surface area contributed by atoms with Crippen molar-refractivity contribution >= 4 is 17.5 Å². The number of ether oxygens (including phenoxy) is 2. The van der Waals surface area contributed by atoms with Gasteiger partial charge in [-0.15, -0.1) is 0 Å². The fraction of sp³-hybridized carbons (Fsp3) is 0.462. The first-order valence-electron chi connectivity index (χ1n) is 11.5. The van der Waals surface area contributed by atoms with Crippen molar-refractivity contribution in [1.82, 2.24) is 5.32 Å². The number of nitrogens with one attached hydrogen (secondary N) is 2. The Bertz CT molecular complexity index is 1010. The summed E-state index contributed by atoms with van der Waals surface area (Å²) in [6.07, 6.45) is 3.62. The summed E-state index contributed by atoms with van der Waals surface area (Å²) in [6.45, 7) is 7.73. The summed E-state index contributed by atoms with van der Waals surface area (Å²) >= 11 is 0. The molecule has 4 rings (SSSR count). The molecule has 0 spiro atoms. The summed E-state index contributed by atoms with van der Waals surface area (Å²) in [4.78, 5) is 26.0. The monoisotopic (exact) mass is 436 g/mol. The zero-order valence-corrected chi connectivity index (χ0v) is 19.1. The lowest BCUT2D eigenvalue weighted by molar-refractivity contribution is -0.121. The van der Waals surface area contributed by atoms with E-state index in [0.29, 0.717) is 37.0 Å². The number of hydrogen-bond donors (Lipinski definition) is 2. The molecule has 1 aliphatic carbocycles. The summed E-state index contributed by atoms with van der Waals surface area (Å²) in [5.74, 6) is 1.73. The third-order valence-electron chi connectivity index (χ3n) is 6.39.